The number of morpholine rings is 1. The second-order valence-electron chi connectivity index (χ2n) is 7.28. The van der Waals surface area contributed by atoms with Gasteiger partial charge in [-0.1, -0.05) is 0 Å². The van der Waals surface area contributed by atoms with Gasteiger partial charge in [-0.15, -0.1) is 0 Å². The first-order chi connectivity index (χ1) is 13.4. The van der Waals surface area contributed by atoms with E-state index in [-0.39, 0.29) is 35.4 Å². The quantitative estimate of drug-likeness (QED) is 0.733. The minimum atomic E-state index is -1.55. The Morgan fingerprint density at radius 1 is 1.32 bits per heavy atom. The van der Waals surface area contributed by atoms with E-state index in [0.717, 1.165) is 18.6 Å². The molecule has 2 aromatic rings. The van der Waals surface area contributed by atoms with E-state index < -0.39 is 23.1 Å². The number of methoxy groups -OCH3 is 1. The van der Waals surface area contributed by atoms with Crippen LogP contribution in [-0.2, 0) is 17.9 Å². The molecule has 5 rings (SSSR count). The number of hydrogen-bond donors (Lipinski definition) is 0. The maximum Gasteiger partial charge on any atom is 0.352 e. The van der Waals surface area contributed by atoms with Gasteiger partial charge in [-0.05, 0) is 17.7 Å². The molecule has 0 N–H and O–H groups in total. The average Bonchev–Trinajstić information content (AvgIpc) is 3.32. The number of ether oxygens (including phenoxy) is 3. The van der Waals surface area contributed by atoms with Gasteiger partial charge in [0.1, 0.15) is 6.61 Å². The number of anilines is 1. The summed E-state index contributed by atoms with van der Waals surface area (Å²) in [6, 6.07) is 1.66. The molecule has 2 bridgehead atoms. The Labute approximate surface area is 157 Å². The molecule has 2 atom stereocenters. The van der Waals surface area contributed by atoms with Crippen LogP contribution in [0.4, 0.5) is 19.0 Å². The molecule has 0 aliphatic carbocycles. The van der Waals surface area contributed by atoms with E-state index in [0.29, 0.717) is 25.5 Å². The first kappa shape index (κ1) is 17.4. The van der Waals surface area contributed by atoms with E-state index in [1.807, 2.05) is 0 Å². The molecule has 10 heteroatoms. The second-order valence-corrected chi connectivity index (χ2v) is 7.28. The van der Waals surface area contributed by atoms with Crippen LogP contribution in [-0.4, -0.2) is 41.5 Å². The van der Waals surface area contributed by atoms with Gasteiger partial charge in [0.15, 0.2) is 23.3 Å². The molecule has 0 unspecified atom stereocenters. The van der Waals surface area contributed by atoms with Crippen LogP contribution in [0.2, 0.25) is 0 Å². The summed E-state index contributed by atoms with van der Waals surface area (Å²) >= 11 is 0. The highest BCUT2D eigenvalue weighted by molar-refractivity contribution is 5.64. The Bertz CT molecular complexity index is 1020. The van der Waals surface area contributed by atoms with Crippen molar-refractivity contribution in [2.24, 2.45) is 0 Å². The summed E-state index contributed by atoms with van der Waals surface area (Å²) in [5.74, 6) is -3.42. The van der Waals surface area contributed by atoms with E-state index in [9.17, 15) is 18.0 Å². The molecule has 1 aromatic heterocycles. The molecule has 1 aromatic carbocycles. The van der Waals surface area contributed by atoms with E-state index in [1.54, 1.807) is 0 Å². The molecule has 3 aliphatic rings. The highest BCUT2D eigenvalue weighted by Crippen LogP contribution is 2.50. The molecule has 28 heavy (non-hydrogen) atoms. The van der Waals surface area contributed by atoms with Gasteiger partial charge < -0.3 is 19.1 Å². The lowest BCUT2D eigenvalue weighted by atomic mass is 10.0. The Morgan fingerprint density at radius 2 is 2.07 bits per heavy atom. The molecule has 0 amide bonds. The molecule has 3 aliphatic heterocycles. The number of aromatic nitrogens is 2. The van der Waals surface area contributed by atoms with Crippen LogP contribution in [0, 0.1) is 17.5 Å². The van der Waals surface area contributed by atoms with Crippen molar-refractivity contribution in [3.05, 3.63) is 45.6 Å². The number of nitrogens with zero attached hydrogens (tertiary/aromatic N) is 3. The van der Waals surface area contributed by atoms with Gasteiger partial charge in [0.2, 0.25) is 5.75 Å². The Morgan fingerprint density at radius 3 is 2.75 bits per heavy atom. The lowest BCUT2D eigenvalue weighted by Gasteiger charge is -2.32. The summed E-state index contributed by atoms with van der Waals surface area (Å²) in [4.78, 5) is 18.6. The smallest absolute Gasteiger partial charge is 0.352 e. The highest BCUT2D eigenvalue weighted by atomic mass is 19.2. The summed E-state index contributed by atoms with van der Waals surface area (Å²) in [5.41, 5.74) is -0.728. The third kappa shape index (κ3) is 2.33. The van der Waals surface area contributed by atoms with Gasteiger partial charge in [-0.25, -0.2) is 18.0 Å². The third-order valence-electron chi connectivity index (χ3n) is 5.57. The molecule has 2 fully saturated rings. The molecule has 0 saturated carbocycles. The minimum Gasteiger partial charge on any atom is -0.489 e. The van der Waals surface area contributed by atoms with Crippen LogP contribution in [0.15, 0.2) is 16.9 Å². The SMILES string of the molecule is COc1c(OCc2cc(F)c(F)c(F)c2)nc(=O)n2c1N1C[C@@H]3C[C@]1(CO3)C2. The number of halogens is 3. The van der Waals surface area contributed by atoms with Gasteiger partial charge in [0.25, 0.3) is 5.88 Å². The third-order valence-corrected chi connectivity index (χ3v) is 5.57. The van der Waals surface area contributed by atoms with Crippen molar-refractivity contribution in [3.63, 3.8) is 0 Å². The van der Waals surface area contributed by atoms with Crippen LogP contribution in [0.3, 0.4) is 0 Å². The van der Waals surface area contributed by atoms with Crippen molar-refractivity contribution in [1.29, 1.82) is 0 Å². The van der Waals surface area contributed by atoms with Crippen molar-refractivity contribution in [1.82, 2.24) is 9.55 Å². The zero-order chi connectivity index (χ0) is 19.6. The molecule has 1 spiro atoms. The van der Waals surface area contributed by atoms with E-state index in [2.05, 4.69) is 9.88 Å². The normalized spacial score (nSPS) is 24.4. The summed E-state index contributed by atoms with van der Waals surface area (Å²) in [7, 11) is 1.43. The van der Waals surface area contributed by atoms with Gasteiger partial charge in [0, 0.05) is 13.0 Å². The zero-order valence-corrected chi connectivity index (χ0v) is 14.9. The number of fused-ring (bicyclic) bond motifs is 3. The van der Waals surface area contributed by atoms with Crippen LogP contribution < -0.4 is 20.1 Å². The first-order valence-electron chi connectivity index (χ1n) is 8.76. The van der Waals surface area contributed by atoms with Crippen LogP contribution in [0.1, 0.15) is 12.0 Å². The maximum absolute atomic E-state index is 13.4. The van der Waals surface area contributed by atoms with Gasteiger partial charge >= 0.3 is 5.69 Å². The number of benzene rings is 1. The van der Waals surface area contributed by atoms with Gasteiger partial charge in [-0.3, -0.25) is 4.57 Å². The molecular formula is C18H16F3N3O4. The summed E-state index contributed by atoms with van der Waals surface area (Å²) in [5, 5.41) is 0. The minimum absolute atomic E-state index is 0.0611. The first-order valence-corrected chi connectivity index (χ1v) is 8.76. The fourth-order valence-electron chi connectivity index (χ4n) is 4.36. The second kappa shape index (κ2) is 5.87. The summed E-state index contributed by atoms with van der Waals surface area (Å²) in [6.07, 6.45) is 0.929. The molecule has 2 saturated heterocycles. The monoisotopic (exact) mass is 395 g/mol. The zero-order valence-electron chi connectivity index (χ0n) is 14.9. The molecule has 7 nitrogen and oxygen atoms in total. The van der Waals surface area contributed by atoms with Crippen LogP contribution in [0.5, 0.6) is 11.6 Å². The largest absolute Gasteiger partial charge is 0.489 e. The lowest BCUT2D eigenvalue weighted by Crippen LogP contribution is -2.46. The van der Waals surface area contributed by atoms with E-state index in [1.165, 1.54) is 11.7 Å². The topological polar surface area (TPSA) is 65.8 Å². The van der Waals surface area contributed by atoms with Crippen molar-refractivity contribution in [2.45, 2.75) is 31.2 Å². The van der Waals surface area contributed by atoms with Crippen molar-refractivity contribution >= 4 is 5.82 Å². The lowest BCUT2D eigenvalue weighted by molar-refractivity contribution is 0.0855. The standard InChI is InChI=1S/C18H16F3N3O4/c1-26-14-15(27-6-9-2-11(19)13(21)12(20)3-9)22-17(25)23-7-18-4-10(28-8-18)5-24(18)16(14)23/h2-3,10H,4-8H2,1H3/t10-,18+/m0/s1. The Balaban J connectivity index is 1.50. The van der Waals surface area contributed by atoms with Gasteiger partial charge in [0.05, 0.1) is 31.9 Å². The molecular weight excluding hydrogens is 379 g/mol. The van der Waals surface area contributed by atoms with E-state index >= 15 is 0 Å². The van der Waals surface area contributed by atoms with Crippen molar-refractivity contribution < 1.29 is 27.4 Å². The Kier molecular flexibility index (Phi) is 3.64. The highest BCUT2D eigenvalue weighted by Gasteiger charge is 2.58. The predicted octanol–water partition coefficient (Wildman–Crippen LogP) is 1.61. The fraction of sp³-hybridized carbons (Fsp3) is 0.444. The number of rotatable bonds is 4. The van der Waals surface area contributed by atoms with Crippen LogP contribution >= 0.6 is 0 Å². The summed E-state index contributed by atoms with van der Waals surface area (Å²) in [6.45, 7) is 1.30. The molecule has 148 valence electrons. The van der Waals surface area contributed by atoms with E-state index in [4.69, 9.17) is 14.2 Å². The molecule has 4 heterocycles. The van der Waals surface area contributed by atoms with Crippen molar-refractivity contribution in [2.75, 3.05) is 25.2 Å². The maximum atomic E-state index is 13.4. The van der Waals surface area contributed by atoms with Crippen molar-refractivity contribution in [3.8, 4) is 11.6 Å². The van der Waals surface area contributed by atoms with Crippen LogP contribution in [0.25, 0.3) is 0 Å². The average molecular weight is 395 g/mol. The molecule has 0 radical (unpaired) electrons. The predicted molar refractivity (Wildman–Crippen MR) is 90.1 cm³/mol. The van der Waals surface area contributed by atoms with Gasteiger partial charge in [-0.2, -0.15) is 4.98 Å². The Hall–Kier alpha value is -2.75. The summed E-state index contributed by atoms with van der Waals surface area (Å²) < 4.78 is 58.2. The number of hydrogen-bond acceptors (Lipinski definition) is 6. The fourth-order valence-corrected chi connectivity index (χ4v) is 4.36.